The van der Waals surface area contributed by atoms with E-state index in [1.807, 2.05) is 6.92 Å². The van der Waals surface area contributed by atoms with Crippen LogP contribution in [0.1, 0.15) is 12.6 Å². The minimum atomic E-state index is -3.59. The number of hydrogen-bond acceptors (Lipinski definition) is 6. The molecule has 0 aliphatic rings. The van der Waals surface area contributed by atoms with Gasteiger partial charge in [-0.15, -0.1) is 0 Å². The first-order valence-electron chi connectivity index (χ1n) is 6.06. The molecular formula is C12H15N5O2S. The van der Waals surface area contributed by atoms with Crippen molar-refractivity contribution in [2.24, 2.45) is 0 Å². The van der Waals surface area contributed by atoms with Crippen molar-refractivity contribution in [1.29, 1.82) is 0 Å². The lowest BCUT2D eigenvalue weighted by atomic mass is 10.4. The number of nitrogens with one attached hydrogen (secondary N) is 2. The van der Waals surface area contributed by atoms with Crippen LogP contribution in [0.25, 0.3) is 0 Å². The fourth-order valence-corrected chi connectivity index (χ4v) is 2.44. The second-order valence-electron chi connectivity index (χ2n) is 3.93. The Labute approximate surface area is 117 Å². The van der Waals surface area contributed by atoms with Gasteiger partial charge in [-0.25, -0.2) is 28.1 Å². The number of sulfonamides is 1. The summed E-state index contributed by atoms with van der Waals surface area (Å²) in [5.74, 6) is 0.641. The molecule has 0 fully saturated rings. The number of pyridine rings is 1. The first-order chi connectivity index (χ1) is 9.62. The molecule has 0 atom stereocenters. The third-order valence-corrected chi connectivity index (χ3v) is 3.88. The molecule has 0 aliphatic heterocycles. The van der Waals surface area contributed by atoms with Gasteiger partial charge in [0.25, 0.3) is 0 Å². The SMILES string of the molecule is CCNc1ccc(S(=O)(=O)NCc2ccncn2)cn1. The number of hydrogen-bond donors (Lipinski definition) is 2. The molecule has 20 heavy (non-hydrogen) atoms. The molecule has 0 saturated heterocycles. The van der Waals surface area contributed by atoms with Crippen LogP contribution in [0.4, 0.5) is 5.82 Å². The highest BCUT2D eigenvalue weighted by Gasteiger charge is 2.14. The molecule has 0 radical (unpaired) electrons. The average molecular weight is 293 g/mol. The van der Waals surface area contributed by atoms with E-state index in [2.05, 4.69) is 25.0 Å². The maximum Gasteiger partial charge on any atom is 0.242 e. The zero-order valence-corrected chi connectivity index (χ0v) is 11.8. The Bertz CT molecular complexity index is 643. The van der Waals surface area contributed by atoms with Gasteiger partial charge in [-0.05, 0) is 25.1 Å². The van der Waals surface area contributed by atoms with Crippen LogP contribution in [0, 0.1) is 0 Å². The topological polar surface area (TPSA) is 96.9 Å². The van der Waals surface area contributed by atoms with Crippen molar-refractivity contribution in [3.8, 4) is 0 Å². The van der Waals surface area contributed by atoms with E-state index >= 15 is 0 Å². The van der Waals surface area contributed by atoms with Crippen LogP contribution >= 0.6 is 0 Å². The Balaban J connectivity index is 2.06. The first-order valence-corrected chi connectivity index (χ1v) is 7.54. The molecule has 7 nitrogen and oxygen atoms in total. The Morgan fingerprint density at radius 3 is 2.65 bits per heavy atom. The number of rotatable bonds is 6. The molecule has 0 bridgehead atoms. The van der Waals surface area contributed by atoms with Crippen molar-refractivity contribution in [3.05, 3.63) is 42.6 Å². The van der Waals surface area contributed by atoms with Crippen molar-refractivity contribution in [1.82, 2.24) is 19.7 Å². The molecule has 0 spiro atoms. The van der Waals surface area contributed by atoms with Gasteiger partial charge in [-0.1, -0.05) is 0 Å². The molecule has 0 unspecified atom stereocenters. The zero-order chi connectivity index (χ0) is 14.4. The maximum atomic E-state index is 12.1. The summed E-state index contributed by atoms with van der Waals surface area (Å²) in [6.45, 7) is 2.78. The monoisotopic (exact) mass is 293 g/mol. The minimum Gasteiger partial charge on any atom is -0.370 e. The van der Waals surface area contributed by atoms with Crippen LogP contribution < -0.4 is 10.0 Å². The smallest absolute Gasteiger partial charge is 0.242 e. The van der Waals surface area contributed by atoms with Gasteiger partial charge in [0.05, 0.1) is 12.2 Å². The van der Waals surface area contributed by atoms with E-state index in [0.717, 1.165) is 6.54 Å². The second-order valence-corrected chi connectivity index (χ2v) is 5.70. The van der Waals surface area contributed by atoms with Gasteiger partial charge < -0.3 is 5.32 Å². The van der Waals surface area contributed by atoms with Crippen LogP contribution in [-0.2, 0) is 16.6 Å². The Morgan fingerprint density at radius 1 is 1.20 bits per heavy atom. The molecular weight excluding hydrogens is 278 g/mol. The van der Waals surface area contributed by atoms with Crippen molar-refractivity contribution in [2.45, 2.75) is 18.4 Å². The molecule has 106 valence electrons. The summed E-state index contributed by atoms with van der Waals surface area (Å²) >= 11 is 0. The largest absolute Gasteiger partial charge is 0.370 e. The third-order valence-electron chi connectivity index (χ3n) is 2.49. The number of aromatic nitrogens is 3. The summed E-state index contributed by atoms with van der Waals surface area (Å²) in [5.41, 5.74) is 0.598. The molecule has 2 aromatic heterocycles. The van der Waals surface area contributed by atoms with Crippen LogP contribution in [0.5, 0.6) is 0 Å². The van der Waals surface area contributed by atoms with Crippen LogP contribution in [-0.4, -0.2) is 29.9 Å². The predicted molar refractivity (Wildman–Crippen MR) is 74.5 cm³/mol. The number of nitrogens with zero attached hydrogens (tertiary/aromatic N) is 3. The quantitative estimate of drug-likeness (QED) is 0.817. The van der Waals surface area contributed by atoms with Crippen molar-refractivity contribution >= 4 is 15.8 Å². The fraction of sp³-hybridized carbons (Fsp3) is 0.250. The highest BCUT2D eigenvalue weighted by atomic mass is 32.2. The molecule has 0 amide bonds. The molecule has 0 saturated carbocycles. The molecule has 2 rings (SSSR count). The second kappa shape index (κ2) is 6.40. The number of anilines is 1. The standard InChI is InChI=1S/C12H15N5O2S/c1-2-14-12-4-3-11(8-15-12)20(18,19)17-7-10-5-6-13-9-16-10/h3-6,8-9,17H,2,7H2,1H3,(H,14,15). The van der Waals surface area contributed by atoms with Crippen molar-refractivity contribution in [3.63, 3.8) is 0 Å². The molecule has 2 aromatic rings. The van der Waals surface area contributed by atoms with Gasteiger partial charge in [-0.3, -0.25) is 0 Å². The van der Waals surface area contributed by atoms with Gasteiger partial charge in [0.1, 0.15) is 17.0 Å². The summed E-state index contributed by atoms with van der Waals surface area (Å²) < 4.78 is 26.6. The highest BCUT2D eigenvalue weighted by molar-refractivity contribution is 7.89. The Morgan fingerprint density at radius 2 is 2.05 bits per heavy atom. The van der Waals surface area contributed by atoms with Crippen molar-refractivity contribution in [2.75, 3.05) is 11.9 Å². The lowest BCUT2D eigenvalue weighted by molar-refractivity contribution is 0.580. The van der Waals surface area contributed by atoms with E-state index in [1.165, 1.54) is 18.6 Å². The molecule has 0 aromatic carbocycles. The molecule has 8 heteroatoms. The predicted octanol–water partition coefficient (Wildman–Crippen LogP) is 0.782. The maximum absolute atomic E-state index is 12.1. The summed E-state index contributed by atoms with van der Waals surface area (Å²) in [7, 11) is -3.59. The highest BCUT2D eigenvalue weighted by Crippen LogP contribution is 2.10. The lowest BCUT2D eigenvalue weighted by Crippen LogP contribution is -2.23. The Kier molecular flexibility index (Phi) is 4.59. The van der Waals surface area contributed by atoms with E-state index in [-0.39, 0.29) is 11.4 Å². The first kappa shape index (κ1) is 14.4. The Hall–Kier alpha value is -2.06. The van der Waals surface area contributed by atoms with Gasteiger partial charge in [-0.2, -0.15) is 0 Å². The molecule has 2 N–H and O–H groups in total. The van der Waals surface area contributed by atoms with E-state index in [4.69, 9.17) is 0 Å². The fourth-order valence-electron chi connectivity index (χ4n) is 1.50. The molecule has 2 heterocycles. The normalized spacial score (nSPS) is 11.2. The lowest BCUT2D eigenvalue weighted by Gasteiger charge is -2.07. The zero-order valence-electron chi connectivity index (χ0n) is 10.9. The summed E-state index contributed by atoms with van der Waals surface area (Å²) in [6, 6.07) is 4.78. The van der Waals surface area contributed by atoms with Crippen molar-refractivity contribution < 1.29 is 8.42 Å². The summed E-state index contributed by atoms with van der Waals surface area (Å²) in [5, 5.41) is 3.00. The van der Waals surface area contributed by atoms with E-state index in [0.29, 0.717) is 11.5 Å². The van der Waals surface area contributed by atoms with Gasteiger partial charge in [0, 0.05) is 18.9 Å². The average Bonchev–Trinajstić information content (AvgIpc) is 2.47. The third kappa shape index (κ3) is 3.72. The molecule has 0 aliphatic carbocycles. The van der Waals surface area contributed by atoms with E-state index in [1.54, 1.807) is 18.3 Å². The minimum absolute atomic E-state index is 0.111. The van der Waals surface area contributed by atoms with Gasteiger partial charge in [0.2, 0.25) is 10.0 Å². The summed E-state index contributed by atoms with van der Waals surface area (Å²) in [6.07, 6.45) is 4.25. The van der Waals surface area contributed by atoms with E-state index in [9.17, 15) is 8.42 Å². The van der Waals surface area contributed by atoms with E-state index < -0.39 is 10.0 Å². The van der Waals surface area contributed by atoms with Crippen LogP contribution in [0.3, 0.4) is 0 Å². The summed E-state index contributed by atoms with van der Waals surface area (Å²) in [4.78, 5) is 11.9. The van der Waals surface area contributed by atoms with Crippen LogP contribution in [0.15, 0.2) is 41.8 Å². The van der Waals surface area contributed by atoms with Crippen LogP contribution in [0.2, 0.25) is 0 Å². The van der Waals surface area contributed by atoms with Gasteiger partial charge in [0.15, 0.2) is 0 Å². The van der Waals surface area contributed by atoms with Gasteiger partial charge >= 0.3 is 0 Å².